The Morgan fingerprint density at radius 3 is 2.09 bits per heavy atom. The molecular formula is C18H14F3NO. The molecule has 0 saturated carbocycles. The van der Waals surface area contributed by atoms with E-state index in [0.717, 1.165) is 0 Å². The Balaban J connectivity index is 2.17. The molecule has 1 unspecified atom stereocenters. The molecular weight excluding hydrogens is 303 g/mol. The van der Waals surface area contributed by atoms with Crippen molar-refractivity contribution in [2.45, 2.75) is 12.2 Å². The molecule has 3 aromatic rings. The van der Waals surface area contributed by atoms with Crippen molar-refractivity contribution in [2.24, 2.45) is 0 Å². The van der Waals surface area contributed by atoms with Gasteiger partial charge in [0.2, 0.25) is 0 Å². The highest BCUT2D eigenvalue weighted by Crippen LogP contribution is 2.41. The van der Waals surface area contributed by atoms with Crippen molar-refractivity contribution in [3.05, 3.63) is 78.4 Å². The Morgan fingerprint density at radius 2 is 1.39 bits per heavy atom. The number of fused-ring (bicyclic) bond motifs is 1. The summed E-state index contributed by atoms with van der Waals surface area (Å²) in [6.07, 6.45) is -4.63. The number of para-hydroxylation sites is 1. The van der Waals surface area contributed by atoms with Crippen LogP contribution < -0.4 is 5.06 Å². The SMILES string of the molecule is ON(c1ccccc1)C(c1cccc2ccccc12)C(F)(F)F. The predicted molar refractivity (Wildman–Crippen MR) is 83.5 cm³/mol. The standard InChI is InChI=1S/C18H14F3NO/c19-18(20,21)17(22(23)14-9-2-1-3-10-14)16-12-6-8-13-7-4-5-11-15(13)16/h1-12,17,23H. The summed E-state index contributed by atoms with van der Waals surface area (Å²) in [6.45, 7) is 0. The maximum atomic E-state index is 13.7. The summed E-state index contributed by atoms with van der Waals surface area (Å²) >= 11 is 0. The molecule has 2 nitrogen and oxygen atoms in total. The van der Waals surface area contributed by atoms with Crippen LogP contribution in [-0.4, -0.2) is 11.4 Å². The fourth-order valence-electron chi connectivity index (χ4n) is 2.67. The van der Waals surface area contributed by atoms with Gasteiger partial charge in [0.25, 0.3) is 0 Å². The van der Waals surface area contributed by atoms with Gasteiger partial charge in [-0.2, -0.15) is 13.2 Å². The van der Waals surface area contributed by atoms with Crippen molar-refractivity contribution in [3.63, 3.8) is 0 Å². The number of anilines is 1. The second-order valence-corrected chi connectivity index (χ2v) is 5.19. The number of rotatable bonds is 3. The smallest absolute Gasteiger partial charge is 0.287 e. The van der Waals surface area contributed by atoms with E-state index >= 15 is 0 Å². The van der Waals surface area contributed by atoms with E-state index in [1.165, 1.54) is 18.2 Å². The van der Waals surface area contributed by atoms with Crippen LogP contribution in [-0.2, 0) is 0 Å². The molecule has 0 aliphatic rings. The molecule has 3 rings (SSSR count). The molecule has 0 aromatic heterocycles. The van der Waals surface area contributed by atoms with E-state index in [9.17, 15) is 18.4 Å². The summed E-state index contributed by atoms with van der Waals surface area (Å²) in [6, 6.07) is 17.1. The van der Waals surface area contributed by atoms with E-state index in [2.05, 4.69) is 0 Å². The predicted octanol–water partition coefficient (Wildman–Crippen LogP) is 5.34. The van der Waals surface area contributed by atoms with Gasteiger partial charge in [-0.15, -0.1) is 0 Å². The zero-order valence-electron chi connectivity index (χ0n) is 12.0. The van der Waals surface area contributed by atoms with E-state index < -0.39 is 12.2 Å². The lowest BCUT2D eigenvalue weighted by molar-refractivity contribution is -0.162. The number of benzene rings is 3. The van der Waals surface area contributed by atoms with Crippen LogP contribution in [0.3, 0.4) is 0 Å². The highest BCUT2D eigenvalue weighted by atomic mass is 19.4. The molecule has 0 bridgehead atoms. The van der Waals surface area contributed by atoms with Crippen molar-refractivity contribution < 1.29 is 18.4 Å². The molecule has 118 valence electrons. The van der Waals surface area contributed by atoms with Crippen molar-refractivity contribution in [3.8, 4) is 0 Å². The monoisotopic (exact) mass is 317 g/mol. The van der Waals surface area contributed by atoms with E-state index in [1.807, 2.05) is 0 Å². The molecule has 0 amide bonds. The molecule has 23 heavy (non-hydrogen) atoms. The van der Waals surface area contributed by atoms with Gasteiger partial charge in [0.1, 0.15) is 0 Å². The summed E-state index contributed by atoms with van der Waals surface area (Å²) in [5.41, 5.74) is 0.102. The summed E-state index contributed by atoms with van der Waals surface area (Å²) < 4.78 is 41.0. The molecule has 0 radical (unpaired) electrons. The molecule has 0 fully saturated rings. The van der Waals surface area contributed by atoms with Crippen LogP contribution in [0.25, 0.3) is 10.8 Å². The third-order valence-corrected chi connectivity index (χ3v) is 3.69. The van der Waals surface area contributed by atoms with Gasteiger partial charge in [0.15, 0.2) is 6.04 Å². The van der Waals surface area contributed by atoms with Crippen molar-refractivity contribution in [2.75, 3.05) is 5.06 Å². The second kappa shape index (κ2) is 5.93. The Hall–Kier alpha value is -2.53. The molecule has 0 heterocycles. The molecule has 0 spiro atoms. The first kappa shape index (κ1) is 15.4. The maximum Gasteiger partial charge on any atom is 0.415 e. The van der Waals surface area contributed by atoms with Crippen molar-refractivity contribution in [1.29, 1.82) is 0 Å². The average molecular weight is 317 g/mol. The van der Waals surface area contributed by atoms with Gasteiger partial charge >= 0.3 is 6.18 Å². The van der Waals surface area contributed by atoms with Gasteiger partial charge in [0.05, 0.1) is 5.69 Å². The van der Waals surface area contributed by atoms with Crippen LogP contribution in [0.2, 0.25) is 0 Å². The van der Waals surface area contributed by atoms with E-state index in [0.29, 0.717) is 10.8 Å². The number of hydrogen-bond donors (Lipinski definition) is 1. The zero-order valence-corrected chi connectivity index (χ0v) is 12.0. The molecule has 1 atom stereocenters. The van der Waals surface area contributed by atoms with Gasteiger partial charge < -0.3 is 0 Å². The third-order valence-electron chi connectivity index (χ3n) is 3.69. The lowest BCUT2D eigenvalue weighted by Crippen LogP contribution is -2.36. The Bertz CT molecular complexity index is 797. The number of halogens is 3. The van der Waals surface area contributed by atoms with Crippen LogP contribution in [0.5, 0.6) is 0 Å². The highest BCUT2D eigenvalue weighted by Gasteiger charge is 2.45. The number of nitrogens with zero attached hydrogens (tertiary/aromatic N) is 1. The van der Waals surface area contributed by atoms with Crippen LogP contribution >= 0.6 is 0 Å². The van der Waals surface area contributed by atoms with Crippen molar-refractivity contribution >= 4 is 16.5 Å². The molecule has 1 N–H and O–H groups in total. The molecule has 0 saturated heterocycles. The molecule has 5 heteroatoms. The van der Waals surface area contributed by atoms with E-state index in [1.54, 1.807) is 54.6 Å². The lowest BCUT2D eigenvalue weighted by Gasteiger charge is -2.30. The average Bonchev–Trinajstić information content (AvgIpc) is 2.55. The van der Waals surface area contributed by atoms with Gasteiger partial charge in [-0.1, -0.05) is 60.7 Å². The largest absolute Gasteiger partial charge is 0.415 e. The number of hydrogen-bond acceptors (Lipinski definition) is 2. The summed E-state index contributed by atoms with van der Waals surface area (Å²) in [5, 5.41) is 11.7. The first-order chi connectivity index (χ1) is 11.0. The zero-order chi connectivity index (χ0) is 16.4. The summed E-state index contributed by atoms with van der Waals surface area (Å²) in [7, 11) is 0. The molecule has 3 aromatic carbocycles. The molecule has 0 aliphatic heterocycles. The number of hydroxylamine groups is 1. The van der Waals surface area contributed by atoms with Gasteiger partial charge in [-0.25, -0.2) is 5.06 Å². The van der Waals surface area contributed by atoms with Crippen LogP contribution in [0.15, 0.2) is 72.8 Å². The summed E-state index contributed by atoms with van der Waals surface area (Å²) in [5.74, 6) is 0. The first-order valence-corrected chi connectivity index (χ1v) is 7.06. The third kappa shape index (κ3) is 3.00. The molecule has 0 aliphatic carbocycles. The van der Waals surface area contributed by atoms with Crippen molar-refractivity contribution in [1.82, 2.24) is 0 Å². The minimum atomic E-state index is -4.63. The van der Waals surface area contributed by atoms with Crippen LogP contribution in [0.4, 0.5) is 18.9 Å². The normalized spacial score (nSPS) is 13.0. The van der Waals surface area contributed by atoms with Gasteiger partial charge in [-0.05, 0) is 28.5 Å². The number of alkyl halides is 3. The van der Waals surface area contributed by atoms with Crippen LogP contribution in [0, 0.1) is 0 Å². The van der Waals surface area contributed by atoms with E-state index in [-0.39, 0.29) is 16.3 Å². The minimum absolute atomic E-state index is 0.0157. The summed E-state index contributed by atoms with van der Waals surface area (Å²) in [4.78, 5) is 0. The first-order valence-electron chi connectivity index (χ1n) is 7.06. The van der Waals surface area contributed by atoms with E-state index in [4.69, 9.17) is 0 Å². The maximum absolute atomic E-state index is 13.7. The quantitative estimate of drug-likeness (QED) is 0.659. The minimum Gasteiger partial charge on any atom is -0.287 e. The topological polar surface area (TPSA) is 23.5 Å². The second-order valence-electron chi connectivity index (χ2n) is 5.19. The fourth-order valence-corrected chi connectivity index (χ4v) is 2.67. The lowest BCUT2D eigenvalue weighted by atomic mass is 9.98. The van der Waals surface area contributed by atoms with Crippen LogP contribution in [0.1, 0.15) is 11.6 Å². The van der Waals surface area contributed by atoms with Gasteiger partial charge in [0, 0.05) is 0 Å². The highest BCUT2D eigenvalue weighted by molar-refractivity contribution is 5.86. The Morgan fingerprint density at radius 1 is 0.783 bits per heavy atom. The Labute approximate surface area is 131 Å². The Kier molecular flexibility index (Phi) is 3.96. The van der Waals surface area contributed by atoms with Gasteiger partial charge in [-0.3, -0.25) is 5.21 Å². The fraction of sp³-hybridized carbons (Fsp3) is 0.111.